The van der Waals surface area contributed by atoms with Gasteiger partial charge < -0.3 is 18.9 Å². The number of rotatable bonds is 28. The van der Waals surface area contributed by atoms with Gasteiger partial charge in [-0.05, 0) is 116 Å². The number of hydrogen-bond acceptors (Lipinski definition) is 8. The Bertz CT molecular complexity index is 1620. The van der Waals surface area contributed by atoms with Crippen LogP contribution in [0.2, 0.25) is 0 Å². The lowest BCUT2D eigenvalue weighted by Gasteiger charge is -2.07. The van der Waals surface area contributed by atoms with E-state index in [-0.39, 0.29) is 11.9 Å². The van der Waals surface area contributed by atoms with Gasteiger partial charge in [-0.3, -0.25) is 9.98 Å². The maximum absolute atomic E-state index is 12.5. The molecule has 4 aromatic rings. The van der Waals surface area contributed by atoms with Crippen molar-refractivity contribution < 1.29 is 28.5 Å². The first kappa shape index (κ1) is 44.5. The highest BCUT2D eigenvalue weighted by Gasteiger charge is 2.09. The second-order valence-electron chi connectivity index (χ2n) is 14.3. The summed E-state index contributed by atoms with van der Waals surface area (Å²) in [5, 5.41) is 0. The largest absolute Gasteiger partial charge is 0.494 e. The molecule has 8 nitrogen and oxygen atoms in total. The Morgan fingerprint density at radius 3 is 1.14 bits per heavy atom. The molecule has 0 aliphatic carbocycles. The molecule has 0 fully saturated rings. The first-order valence-electron chi connectivity index (χ1n) is 21.1. The van der Waals surface area contributed by atoms with Crippen LogP contribution in [0.3, 0.4) is 0 Å². The molecule has 0 bridgehead atoms. The molecule has 0 atom stereocenters. The van der Waals surface area contributed by atoms with E-state index >= 15 is 0 Å². The molecular formula is C49H62N2O6. The minimum Gasteiger partial charge on any atom is -0.494 e. The van der Waals surface area contributed by atoms with Crippen LogP contribution in [-0.2, 0) is 9.47 Å². The highest BCUT2D eigenvalue weighted by molar-refractivity contribution is 5.91. The number of carbonyl (C=O) groups is 2. The van der Waals surface area contributed by atoms with Crippen LogP contribution in [0.25, 0.3) is 0 Å². The zero-order valence-corrected chi connectivity index (χ0v) is 34.2. The van der Waals surface area contributed by atoms with E-state index in [9.17, 15) is 9.59 Å². The molecule has 0 heterocycles. The Hall–Kier alpha value is -5.24. The molecule has 57 heavy (non-hydrogen) atoms. The van der Waals surface area contributed by atoms with Crippen molar-refractivity contribution in [2.24, 2.45) is 9.98 Å². The number of ether oxygens (including phenoxy) is 4. The van der Waals surface area contributed by atoms with Crippen molar-refractivity contribution in [2.45, 2.75) is 110 Å². The van der Waals surface area contributed by atoms with E-state index in [2.05, 4.69) is 23.8 Å². The molecule has 0 radical (unpaired) electrons. The molecule has 4 rings (SSSR count). The topological polar surface area (TPSA) is 95.8 Å². The molecule has 0 aliphatic rings. The van der Waals surface area contributed by atoms with Crippen molar-refractivity contribution in [1.29, 1.82) is 0 Å². The average molecular weight is 775 g/mol. The Kier molecular flexibility index (Phi) is 21.4. The van der Waals surface area contributed by atoms with Crippen LogP contribution in [0.5, 0.6) is 11.5 Å². The summed E-state index contributed by atoms with van der Waals surface area (Å²) in [6.45, 7) is 6.54. The SMILES string of the molecule is CCCCCCCCOc1ccc(N=Cc2ccc(C(=O)OCCCCCOC(=O)c3ccc(C=Nc4ccc(OCCCCCCCC)cc4)cc3)cc2)cc1. The third-order valence-corrected chi connectivity index (χ3v) is 9.48. The molecule has 0 saturated heterocycles. The number of carbonyl (C=O) groups excluding carboxylic acids is 2. The van der Waals surface area contributed by atoms with Gasteiger partial charge in [-0.1, -0.05) is 102 Å². The molecule has 4 aromatic carbocycles. The van der Waals surface area contributed by atoms with Gasteiger partial charge in [-0.25, -0.2) is 9.59 Å². The van der Waals surface area contributed by atoms with E-state index in [1.165, 1.54) is 64.2 Å². The first-order valence-corrected chi connectivity index (χ1v) is 21.1. The lowest BCUT2D eigenvalue weighted by atomic mass is 10.1. The van der Waals surface area contributed by atoms with E-state index < -0.39 is 0 Å². The lowest BCUT2D eigenvalue weighted by molar-refractivity contribution is 0.0478. The van der Waals surface area contributed by atoms with Crippen LogP contribution in [0, 0.1) is 0 Å². The minimum absolute atomic E-state index is 0.300. The zero-order valence-electron chi connectivity index (χ0n) is 34.2. The fourth-order valence-electron chi connectivity index (χ4n) is 5.99. The van der Waals surface area contributed by atoms with Crippen LogP contribution in [0.4, 0.5) is 11.4 Å². The number of hydrogen-bond donors (Lipinski definition) is 0. The fraction of sp³-hybridized carbons (Fsp3) is 0.429. The normalized spacial score (nSPS) is 11.3. The molecule has 8 heteroatoms. The van der Waals surface area contributed by atoms with E-state index in [0.29, 0.717) is 37.2 Å². The Morgan fingerprint density at radius 2 is 0.754 bits per heavy atom. The smallest absolute Gasteiger partial charge is 0.338 e. The monoisotopic (exact) mass is 774 g/mol. The highest BCUT2D eigenvalue weighted by Crippen LogP contribution is 2.20. The summed E-state index contributed by atoms with van der Waals surface area (Å²) < 4.78 is 22.6. The number of aliphatic imine (C=N–C) groups is 2. The van der Waals surface area contributed by atoms with Crippen molar-refractivity contribution >= 4 is 35.7 Å². The summed E-state index contributed by atoms with van der Waals surface area (Å²) in [4.78, 5) is 34.1. The summed E-state index contributed by atoms with van der Waals surface area (Å²) in [7, 11) is 0. The molecular weight excluding hydrogens is 713 g/mol. The van der Waals surface area contributed by atoms with E-state index in [4.69, 9.17) is 18.9 Å². The predicted molar refractivity (Wildman–Crippen MR) is 232 cm³/mol. The second-order valence-corrected chi connectivity index (χ2v) is 14.3. The van der Waals surface area contributed by atoms with E-state index in [0.717, 1.165) is 66.5 Å². The standard InChI is InChI=1S/C49H62N2O6/c1-3-5-7-9-11-14-34-54-46-30-26-44(27-31-46)50-38-40-18-22-42(23-19-40)48(52)56-36-16-13-17-37-57-49(53)43-24-20-41(21-25-43)39-51-45-28-32-47(33-29-45)55-35-15-12-10-8-6-4-2/h18-33,38-39H,3-17,34-37H2,1-2H3. The van der Waals surface area contributed by atoms with Gasteiger partial charge in [0.1, 0.15) is 11.5 Å². The third kappa shape index (κ3) is 18.5. The predicted octanol–water partition coefficient (Wildman–Crippen LogP) is 12.9. The van der Waals surface area contributed by atoms with Gasteiger partial charge in [0.05, 0.1) is 48.9 Å². The molecule has 0 saturated carbocycles. The summed E-state index contributed by atoms with van der Waals surface area (Å²) in [5.74, 6) is 0.987. The van der Waals surface area contributed by atoms with Crippen LogP contribution in [-0.4, -0.2) is 50.8 Å². The summed E-state index contributed by atoms with van der Waals surface area (Å²) >= 11 is 0. The highest BCUT2D eigenvalue weighted by atomic mass is 16.5. The average Bonchev–Trinajstić information content (AvgIpc) is 3.25. The second kappa shape index (κ2) is 27.4. The fourth-order valence-corrected chi connectivity index (χ4v) is 5.99. The zero-order chi connectivity index (χ0) is 40.2. The number of benzene rings is 4. The van der Waals surface area contributed by atoms with Gasteiger partial charge in [-0.2, -0.15) is 0 Å². The van der Waals surface area contributed by atoms with Crippen LogP contribution >= 0.6 is 0 Å². The van der Waals surface area contributed by atoms with Crippen molar-refractivity contribution in [3.63, 3.8) is 0 Å². The number of esters is 2. The molecule has 0 spiro atoms. The Labute approximate surface area is 340 Å². The third-order valence-electron chi connectivity index (χ3n) is 9.48. The summed E-state index contributed by atoms with van der Waals surface area (Å²) in [6.07, 6.45) is 20.6. The Morgan fingerprint density at radius 1 is 0.421 bits per heavy atom. The molecule has 0 amide bonds. The molecule has 304 valence electrons. The first-order chi connectivity index (χ1) is 28.0. The van der Waals surface area contributed by atoms with Gasteiger partial charge in [0.15, 0.2) is 0 Å². The van der Waals surface area contributed by atoms with Crippen molar-refractivity contribution in [3.05, 3.63) is 119 Å². The number of nitrogens with zero attached hydrogens (tertiary/aromatic N) is 2. The molecule has 0 aromatic heterocycles. The van der Waals surface area contributed by atoms with Crippen molar-refractivity contribution in [2.75, 3.05) is 26.4 Å². The summed E-state index contributed by atoms with van der Waals surface area (Å²) in [5.41, 5.74) is 4.41. The van der Waals surface area contributed by atoms with Crippen LogP contribution in [0.15, 0.2) is 107 Å². The number of unbranched alkanes of at least 4 members (excludes halogenated alkanes) is 12. The van der Waals surface area contributed by atoms with Crippen LogP contribution in [0.1, 0.15) is 142 Å². The van der Waals surface area contributed by atoms with Gasteiger partial charge >= 0.3 is 11.9 Å². The minimum atomic E-state index is -0.364. The van der Waals surface area contributed by atoms with Crippen molar-refractivity contribution in [3.8, 4) is 11.5 Å². The molecule has 0 aliphatic heterocycles. The van der Waals surface area contributed by atoms with E-state index in [1.54, 1.807) is 36.7 Å². The quantitative estimate of drug-likeness (QED) is 0.0324. The maximum Gasteiger partial charge on any atom is 0.338 e. The Balaban J connectivity index is 1.04. The van der Waals surface area contributed by atoms with Crippen LogP contribution < -0.4 is 9.47 Å². The molecule has 0 N–H and O–H groups in total. The molecule has 0 unspecified atom stereocenters. The van der Waals surface area contributed by atoms with Gasteiger partial charge in [-0.15, -0.1) is 0 Å². The summed E-state index contributed by atoms with van der Waals surface area (Å²) in [6, 6.07) is 29.9. The van der Waals surface area contributed by atoms with Crippen molar-refractivity contribution in [1.82, 2.24) is 0 Å². The van der Waals surface area contributed by atoms with Gasteiger partial charge in [0.2, 0.25) is 0 Å². The van der Waals surface area contributed by atoms with E-state index in [1.807, 2.05) is 72.8 Å². The van der Waals surface area contributed by atoms with Gasteiger partial charge in [0, 0.05) is 12.4 Å². The maximum atomic E-state index is 12.5. The lowest BCUT2D eigenvalue weighted by Crippen LogP contribution is -2.08. The van der Waals surface area contributed by atoms with Gasteiger partial charge in [0.25, 0.3) is 0 Å².